The molecule has 0 bridgehead atoms. The number of hydrogen-bond donors (Lipinski definition) is 2. The molecule has 1 fully saturated rings. The molecular weight excluding hydrogens is 250 g/mol. The van der Waals surface area contributed by atoms with Crippen LogP contribution < -0.4 is 16.0 Å². The quantitative estimate of drug-likeness (QED) is 0.859. The summed E-state index contributed by atoms with van der Waals surface area (Å²) in [5.74, 6) is 0.188. The van der Waals surface area contributed by atoms with E-state index in [0.29, 0.717) is 12.5 Å². The lowest BCUT2D eigenvalue weighted by molar-refractivity contribution is -0.121. The zero-order chi connectivity index (χ0) is 14.1. The van der Waals surface area contributed by atoms with Crippen molar-refractivity contribution >= 4 is 11.6 Å². The Bertz CT molecular complexity index is 508. The molecular formula is C16H23N3O. The van der Waals surface area contributed by atoms with Crippen molar-refractivity contribution in [2.75, 3.05) is 18.0 Å². The molecule has 3 N–H and O–H groups in total. The van der Waals surface area contributed by atoms with Crippen molar-refractivity contribution in [3.63, 3.8) is 0 Å². The maximum absolute atomic E-state index is 11.8. The predicted molar refractivity (Wildman–Crippen MR) is 80.7 cm³/mol. The van der Waals surface area contributed by atoms with E-state index < -0.39 is 0 Å². The van der Waals surface area contributed by atoms with Crippen molar-refractivity contribution in [3.8, 4) is 0 Å². The Morgan fingerprint density at radius 1 is 1.50 bits per heavy atom. The van der Waals surface area contributed by atoms with Crippen molar-refractivity contribution in [1.29, 1.82) is 0 Å². The number of carbonyl (C=O) groups excluding carboxylic acids is 1. The highest BCUT2D eigenvalue weighted by Crippen LogP contribution is 2.30. The molecule has 2 aliphatic rings. The Morgan fingerprint density at radius 3 is 3.00 bits per heavy atom. The van der Waals surface area contributed by atoms with E-state index in [1.165, 1.54) is 16.8 Å². The Morgan fingerprint density at radius 2 is 2.30 bits per heavy atom. The van der Waals surface area contributed by atoms with Gasteiger partial charge in [0.05, 0.1) is 0 Å². The molecule has 1 aliphatic carbocycles. The molecule has 1 aromatic rings. The van der Waals surface area contributed by atoms with Crippen LogP contribution >= 0.6 is 0 Å². The molecule has 4 heteroatoms. The van der Waals surface area contributed by atoms with Crippen LogP contribution in [-0.4, -0.2) is 25.0 Å². The Balaban J connectivity index is 1.59. The van der Waals surface area contributed by atoms with Crippen molar-refractivity contribution in [2.45, 2.75) is 44.7 Å². The first kappa shape index (κ1) is 13.4. The number of carbonyl (C=O) groups is 1. The number of nitrogens with zero attached hydrogens (tertiary/aromatic N) is 1. The molecule has 0 spiro atoms. The molecule has 1 saturated carbocycles. The average Bonchev–Trinajstić information content (AvgIpc) is 3.14. The molecule has 1 amide bonds. The highest BCUT2D eigenvalue weighted by atomic mass is 16.1. The SMILES string of the molecule is CC(N)c1ccc2c(c1)CCN2CCC(=O)NC1CC1. The van der Waals surface area contributed by atoms with Crippen LogP contribution in [0.5, 0.6) is 0 Å². The van der Waals surface area contributed by atoms with E-state index in [4.69, 9.17) is 5.73 Å². The van der Waals surface area contributed by atoms with Gasteiger partial charge in [0.15, 0.2) is 0 Å². The zero-order valence-corrected chi connectivity index (χ0v) is 12.1. The Hall–Kier alpha value is -1.55. The molecule has 3 rings (SSSR count). The molecule has 0 saturated heterocycles. The third-order valence-electron chi connectivity index (χ3n) is 4.17. The van der Waals surface area contributed by atoms with Crippen molar-refractivity contribution in [2.24, 2.45) is 5.73 Å². The summed E-state index contributed by atoms with van der Waals surface area (Å²) < 4.78 is 0. The van der Waals surface area contributed by atoms with E-state index in [1.54, 1.807) is 0 Å². The second kappa shape index (κ2) is 5.44. The monoisotopic (exact) mass is 273 g/mol. The van der Waals surface area contributed by atoms with Gasteiger partial charge in [-0.2, -0.15) is 0 Å². The van der Waals surface area contributed by atoms with E-state index in [1.807, 2.05) is 6.92 Å². The molecule has 20 heavy (non-hydrogen) atoms. The fourth-order valence-electron chi connectivity index (χ4n) is 2.77. The summed E-state index contributed by atoms with van der Waals surface area (Å²) in [6.45, 7) is 3.83. The third kappa shape index (κ3) is 2.96. The molecule has 1 aromatic carbocycles. The molecule has 4 nitrogen and oxygen atoms in total. The first-order valence-corrected chi connectivity index (χ1v) is 7.56. The number of hydrogen-bond acceptors (Lipinski definition) is 3. The lowest BCUT2D eigenvalue weighted by Crippen LogP contribution is -2.31. The molecule has 1 unspecified atom stereocenters. The number of fused-ring (bicyclic) bond motifs is 1. The van der Waals surface area contributed by atoms with Crippen LogP contribution in [0, 0.1) is 0 Å². The molecule has 1 atom stereocenters. The third-order valence-corrected chi connectivity index (χ3v) is 4.17. The van der Waals surface area contributed by atoms with Crippen LogP contribution in [0.2, 0.25) is 0 Å². The van der Waals surface area contributed by atoms with Gasteiger partial charge in [0.25, 0.3) is 0 Å². The fourth-order valence-corrected chi connectivity index (χ4v) is 2.77. The van der Waals surface area contributed by atoms with Crippen LogP contribution in [0.3, 0.4) is 0 Å². The van der Waals surface area contributed by atoms with Gasteiger partial charge in [0, 0.05) is 37.3 Å². The van der Waals surface area contributed by atoms with E-state index in [0.717, 1.165) is 32.4 Å². The highest BCUT2D eigenvalue weighted by molar-refractivity contribution is 5.77. The summed E-state index contributed by atoms with van der Waals surface area (Å²) in [5.41, 5.74) is 9.75. The number of nitrogens with one attached hydrogen (secondary N) is 1. The van der Waals surface area contributed by atoms with Gasteiger partial charge in [0.1, 0.15) is 0 Å². The van der Waals surface area contributed by atoms with E-state index in [9.17, 15) is 4.79 Å². The molecule has 1 aliphatic heterocycles. The summed E-state index contributed by atoms with van der Waals surface area (Å²) >= 11 is 0. The molecule has 0 radical (unpaired) electrons. The van der Waals surface area contributed by atoms with Gasteiger partial charge in [-0.25, -0.2) is 0 Å². The zero-order valence-electron chi connectivity index (χ0n) is 12.1. The van der Waals surface area contributed by atoms with Gasteiger partial charge in [-0.3, -0.25) is 4.79 Å². The number of benzene rings is 1. The number of nitrogens with two attached hydrogens (primary N) is 1. The van der Waals surface area contributed by atoms with Crippen LogP contribution in [0.4, 0.5) is 5.69 Å². The van der Waals surface area contributed by atoms with Gasteiger partial charge in [-0.05, 0) is 43.4 Å². The van der Waals surface area contributed by atoms with Gasteiger partial charge in [-0.1, -0.05) is 12.1 Å². The van der Waals surface area contributed by atoms with Crippen LogP contribution in [0.15, 0.2) is 18.2 Å². The smallest absolute Gasteiger partial charge is 0.221 e. The summed E-state index contributed by atoms with van der Waals surface area (Å²) in [5, 5.41) is 3.04. The first-order chi connectivity index (χ1) is 9.63. The number of amides is 1. The predicted octanol–water partition coefficient (Wildman–Crippen LogP) is 1.74. The minimum Gasteiger partial charge on any atom is -0.370 e. The maximum Gasteiger partial charge on any atom is 0.221 e. The highest BCUT2D eigenvalue weighted by Gasteiger charge is 2.24. The van der Waals surface area contributed by atoms with Gasteiger partial charge >= 0.3 is 0 Å². The summed E-state index contributed by atoms with van der Waals surface area (Å²) in [7, 11) is 0. The molecule has 1 heterocycles. The van der Waals surface area contributed by atoms with Crippen molar-refractivity contribution in [3.05, 3.63) is 29.3 Å². The number of anilines is 1. The number of rotatable bonds is 5. The molecule has 0 aromatic heterocycles. The van der Waals surface area contributed by atoms with Crippen LogP contribution in [0.1, 0.15) is 43.4 Å². The van der Waals surface area contributed by atoms with E-state index >= 15 is 0 Å². The van der Waals surface area contributed by atoms with Gasteiger partial charge in [-0.15, -0.1) is 0 Å². The van der Waals surface area contributed by atoms with Crippen molar-refractivity contribution < 1.29 is 4.79 Å². The lowest BCUT2D eigenvalue weighted by atomic mass is 10.0. The first-order valence-electron chi connectivity index (χ1n) is 7.56. The Kier molecular flexibility index (Phi) is 3.66. The van der Waals surface area contributed by atoms with E-state index in [-0.39, 0.29) is 11.9 Å². The second-order valence-electron chi connectivity index (χ2n) is 6.01. The van der Waals surface area contributed by atoms with Gasteiger partial charge < -0.3 is 16.0 Å². The van der Waals surface area contributed by atoms with Crippen LogP contribution in [0.25, 0.3) is 0 Å². The average molecular weight is 273 g/mol. The second-order valence-corrected chi connectivity index (χ2v) is 6.01. The minimum atomic E-state index is 0.0821. The van der Waals surface area contributed by atoms with Gasteiger partial charge in [0.2, 0.25) is 5.91 Å². The minimum absolute atomic E-state index is 0.0821. The normalized spacial score (nSPS) is 18.8. The molecule has 108 valence electrons. The van der Waals surface area contributed by atoms with E-state index in [2.05, 4.69) is 28.4 Å². The standard InChI is InChI=1S/C16H23N3O/c1-11(17)12-2-5-15-13(10-12)6-8-19(15)9-7-16(20)18-14-3-4-14/h2,5,10-11,14H,3-4,6-9,17H2,1H3,(H,18,20). The maximum atomic E-state index is 11.8. The summed E-state index contributed by atoms with van der Waals surface area (Å²) in [4.78, 5) is 14.1. The Labute approximate surface area is 120 Å². The van der Waals surface area contributed by atoms with Crippen molar-refractivity contribution in [1.82, 2.24) is 5.32 Å². The topological polar surface area (TPSA) is 58.4 Å². The van der Waals surface area contributed by atoms with Crippen LogP contribution in [-0.2, 0) is 11.2 Å². The lowest BCUT2D eigenvalue weighted by Gasteiger charge is -2.19. The fraction of sp³-hybridized carbons (Fsp3) is 0.562. The largest absolute Gasteiger partial charge is 0.370 e. The summed E-state index contributed by atoms with van der Waals surface area (Å²) in [6.07, 6.45) is 3.95. The summed E-state index contributed by atoms with van der Waals surface area (Å²) in [6, 6.07) is 7.01.